The second kappa shape index (κ2) is 7.42. The van der Waals surface area contributed by atoms with Gasteiger partial charge in [0.25, 0.3) is 0 Å². The molecular weight excluding hydrogens is 277 g/mol. The Bertz CT molecular complexity index is 477. The molecule has 0 spiro atoms. The summed E-state index contributed by atoms with van der Waals surface area (Å²) in [5, 5.41) is 0. The minimum absolute atomic E-state index is 0.0426. The van der Waals surface area contributed by atoms with Gasteiger partial charge in [0.05, 0.1) is 5.69 Å². The van der Waals surface area contributed by atoms with Gasteiger partial charge in [-0.25, -0.2) is 4.39 Å². The SMILES string of the molecule is CN1CCN(CCCc2ccc(N3CCCC3)c(F)c2)CC1. The molecule has 0 aromatic heterocycles. The third kappa shape index (κ3) is 3.99. The van der Waals surface area contributed by atoms with Gasteiger partial charge >= 0.3 is 0 Å². The molecule has 3 rings (SSSR count). The summed E-state index contributed by atoms with van der Waals surface area (Å²) in [5.41, 5.74) is 1.93. The maximum absolute atomic E-state index is 14.3. The highest BCUT2D eigenvalue weighted by Crippen LogP contribution is 2.24. The smallest absolute Gasteiger partial charge is 0.146 e. The second-order valence-electron chi connectivity index (χ2n) is 6.73. The third-order valence-corrected chi connectivity index (χ3v) is 4.99. The summed E-state index contributed by atoms with van der Waals surface area (Å²) in [7, 11) is 2.18. The maximum atomic E-state index is 14.3. The van der Waals surface area contributed by atoms with E-state index >= 15 is 0 Å². The summed E-state index contributed by atoms with van der Waals surface area (Å²) in [6.07, 6.45) is 4.47. The molecule has 3 nitrogen and oxygen atoms in total. The van der Waals surface area contributed by atoms with Gasteiger partial charge in [-0.15, -0.1) is 0 Å². The zero-order valence-corrected chi connectivity index (χ0v) is 13.7. The van der Waals surface area contributed by atoms with Crippen LogP contribution in [0, 0.1) is 5.82 Å². The van der Waals surface area contributed by atoms with E-state index in [1.807, 2.05) is 6.07 Å². The first-order valence-electron chi connectivity index (χ1n) is 8.66. The number of piperazine rings is 1. The summed E-state index contributed by atoms with van der Waals surface area (Å²) in [5.74, 6) is -0.0426. The van der Waals surface area contributed by atoms with E-state index in [4.69, 9.17) is 0 Å². The molecule has 0 amide bonds. The van der Waals surface area contributed by atoms with Gasteiger partial charge in [0.1, 0.15) is 5.82 Å². The molecule has 1 aromatic carbocycles. The van der Waals surface area contributed by atoms with E-state index in [0.29, 0.717) is 0 Å². The quantitative estimate of drug-likeness (QED) is 0.828. The first-order chi connectivity index (χ1) is 10.7. The number of anilines is 1. The van der Waals surface area contributed by atoms with E-state index in [2.05, 4.69) is 27.8 Å². The lowest BCUT2D eigenvalue weighted by molar-refractivity contribution is 0.153. The highest BCUT2D eigenvalue weighted by molar-refractivity contribution is 5.49. The fourth-order valence-corrected chi connectivity index (χ4v) is 3.50. The molecule has 0 saturated carbocycles. The minimum Gasteiger partial charge on any atom is -0.369 e. The molecular formula is C18H28FN3. The molecule has 2 heterocycles. The van der Waals surface area contributed by atoms with Crippen LogP contribution < -0.4 is 4.90 Å². The molecule has 0 aliphatic carbocycles. The molecule has 22 heavy (non-hydrogen) atoms. The van der Waals surface area contributed by atoms with Gasteiger partial charge in [-0.1, -0.05) is 6.07 Å². The molecule has 4 heteroatoms. The number of nitrogens with zero attached hydrogens (tertiary/aromatic N) is 3. The Morgan fingerprint density at radius 2 is 1.73 bits per heavy atom. The Labute approximate surface area is 133 Å². The van der Waals surface area contributed by atoms with Crippen LogP contribution in [-0.2, 0) is 6.42 Å². The predicted octanol–water partition coefficient (Wildman–Crippen LogP) is 2.61. The summed E-state index contributed by atoms with van der Waals surface area (Å²) in [4.78, 5) is 7.07. The van der Waals surface area contributed by atoms with Crippen molar-refractivity contribution in [1.29, 1.82) is 0 Å². The summed E-state index contributed by atoms with van der Waals surface area (Å²) < 4.78 is 14.3. The maximum Gasteiger partial charge on any atom is 0.146 e. The summed E-state index contributed by atoms with van der Waals surface area (Å²) in [6, 6.07) is 5.84. The van der Waals surface area contributed by atoms with E-state index in [-0.39, 0.29) is 5.82 Å². The van der Waals surface area contributed by atoms with Gasteiger partial charge < -0.3 is 14.7 Å². The topological polar surface area (TPSA) is 9.72 Å². The Balaban J connectivity index is 1.47. The molecule has 2 aliphatic rings. The van der Waals surface area contributed by atoms with E-state index in [1.165, 1.54) is 39.0 Å². The number of rotatable bonds is 5. The molecule has 0 N–H and O–H groups in total. The van der Waals surface area contributed by atoms with Gasteiger partial charge in [0.2, 0.25) is 0 Å². The van der Waals surface area contributed by atoms with E-state index in [9.17, 15) is 4.39 Å². The van der Waals surface area contributed by atoms with Crippen LogP contribution >= 0.6 is 0 Å². The highest BCUT2D eigenvalue weighted by atomic mass is 19.1. The first kappa shape index (κ1) is 15.8. The summed E-state index contributed by atoms with van der Waals surface area (Å²) >= 11 is 0. The van der Waals surface area contributed by atoms with E-state index < -0.39 is 0 Å². The zero-order valence-electron chi connectivity index (χ0n) is 13.7. The number of halogens is 1. The summed E-state index contributed by atoms with van der Waals surface area (Å²) in [6.45, 7) is 7.79. The van der Waals surface area contributed by atoms with Crippen molar-refractivity contribution in [3.8, 4) is 0 Å². The second-order valence-corrected chi connectivity index (χ2v) is 6.73. The van der Waals surface area contributed by atoms with Gasteiger partial charge in [-0.2, -0.15) is 0 Å². The fourth-order valence-electron chi connectivity index (χ4n) is 3.50. The van der Waals surface area contributed by atoms with Crippen LogP contribution in [0.4, 0.5) is 10.1 Å². The highest BCUT2D eigenvalue weighted by Gasteiger charge is 2.16. The van der Waals surface area contributed by atoms with Crippen molar-refractivity contribution in [1.82, 2.24) is 9.80 Å². The van der Waals surface area contributed by atoms with Crippen LogP contribution in [0.5, 0.6) is 0 Å². The van der Waals surface area contributed by atoms with E-state index in [0.717, 1.165) is 43.7 Å². The third-order valence-electron chi connectivity index (χ3n) is 4.99. The lowest BCUT2D eigenvalue weighted by Crippen LogP contribution is -2.44. The van der Waals surface area contributed by atoms with Crippen molar-refractivity contribution in [3.05, 3.63) is 29.6 Å². The molecule has 1 aromatic rings. The van der Waals surface area contributed by atoms with Crippen LogP contribution in [-0.4, -0.2) is 62.7 Å². The van der Waals surface area contributed by atoms with Crippen LogP contribution in [0.3, 0.4) is 0 Å². The Hall–Kier alpha value is -1.13. The van der Waals surface area contributed by atoms with Crippen LogP contribution in [0.1, 0.15) is 24.8 Å². The van der Waals surface area contributed by atoms with Gasteiger partial charge in [-0.3, -0.25) is 0 Å². The molecule has 0 radical (unpaired) electrons. The van der Waals surface area contributed by atoms with Crippen LogP contribution in [0.15, 0.2) is 18.2 Å². The molecule has 2 aliphatic heterocycles. The van der Waals surface area contributed by atoms with Crippen molar-refractivity contribution < 1.29 is 4.39 Å². The average molecular weight is 305 g/mol. The standard InChI is InChI=1S/C18H28FN3/c1-20-11-13-21(14-12-20)8-4-5-16-6-7-18(17(19)15-16)22-9-2-3-10-22/h6-7,15H,2-5,8-14H2,1H3. The fraction of sp³-hybridized carbons (Fsp3) is 0.667. The van der Waals surface area contributed by atoms with Crippen molar-refractivity contribution in [3.63, 3.8) is 0 Å². The van der Waals surface area contributed by atoms with Crippen LogP contribution in [0.25, 0.3) is 0 Å². The number of likely N-dealkylation sites (N-methyl/N-ethyl adjacent to an activating group) is 1. The lowest BCUT2D eigenvalue weighted by atomic mass is 10.1. The minimum atomic E-state index is -0.0426. The molecule has 0 atom stereocenters. The van der Waals surface area contributed by atoms with Crippen molar-refractivity contribution >= 4 is 5.69 Å². The number of hydrogen-bond donors (Lipinski definition) is 0. The largest absolute Gasteiger partial charge is 0.369 e. The zero-order chi connectivity index (χ0) is 15.4. The molecule has 2 fully saturated rings. The molecule has 0 bridgehead atoms. The monoisotopic (exact) mass is 305 g/mol. The molecule has 0 unspecified atom stereocenters. The Morgan fingerprint density at radius 3 is 2.41 bits per heavy atom. The van der Waals surface area contributed by atoms with Gasteiger partial charge in [0, 0.05) is 39.3 Å². The first-order valence-corrected chi connectivity index (χ1v) is 8.66. The predicted molar refractivity (Wildman–Crippen MR) is 90.1 cm³/mol. The Kier molecular flexibility index (Phi) is 5.32. The van der Waals surface area contributed by atoms with Gasteiger partial charge in [0.15, 0.2) is 0 Å². The number of benzene rings is 1. The number of hydrogen-bond acceptors (Lipinski definition) is 3. The van der Waals surface area contributed by atoms with Crippen LogP contribution in [0.2, 0.25) is 0 Å². The van der Waals surface area contributed by atoms with Crippen molar-refractivity contribution in [2.24, 2.45) is 0 Å². The molecule has 2 saturated heterocycles. The van der Waals surface area contributed by atoms with E-state index in [1.54, 1.807) is 6.07 Å². The van der Waals surface area contributed by atoms with Gasteiger partial charge in [-0.05, 0) is 57.0 Å². The number of aryl methyl sites for hydroxylation is 1. The lowest BCUT2D eigenvalue weighted by Gasteiger charge is -2.32. The van der Waals surface area contributed by atoms with Crippen molar-refractivity contribution in [2.75, 3.05) is 57.8 Å². The Morgan fingerprint density at radius 1 is 1.00 bits per heavy atom. The molecule has 122 valence electrons. The van der Waals surface area contributed by atoms with Crippen molar-refractivity contribution in [2.45, 2.75) is 25.7 Å². The average Bonchev–Trinajstić information content (AvgIpc) is 3.03. The normalized spacial score (nSPS) is 20.7.